The molecule has 0 fully saturated rings. The Balaban J connectivity index is 1.82. The van der Waals surface area contributed by atoms with Crippen molar-refractivity contribution in [3.63, 3.8) is 0 Å². The number of carbonyl (C=O) groups excluding carboxylic acids is 2. The SMILES string of the molecule is CCCCNC(=O)CCC(=O)c1c2c(nc3ccccc13)CCCC2. The van der Waals surface area contributed by atoms with Crippen LogP contribution in [0.2, 0.25) is 0 Å². The smallest absolute Gasteiger partial charge is 0.220 e. The number of rotatable bonds is 7. The lowest BCUT2D eigenvalue weighted by molar-refractivity contribution is -0.121. The number of fused-ring (bicyclic) bond motifs is 2. The minimum absolute atomic E-state index is 0.0333. The Morgan fingerprint density at radius 3 is 2.76 bits per heavy atom. The van der Waals surface area contributed by atoms with Crippen LogP contribution in [0.15, 0.2) is 24.3 Å². The standard InChI is InChI=1S/C21H26N2O2/c1-2-3-14-22-20(25)13-12-19(24)21-15-8-4-6-10-17(15)23-18-11-7-5-9-16(18)21/h4,6,8,10H,2-3,5,7,9,11-14H2,1H3,(H,22,25). The van der Waals surface area contributed by atoms with Crippen LogP contribution in [0.25, 0.3) is 10.9 Å². The molecule has 0 saturated heterocycles. The van der Waals surface area contributed by atoms with Crippen LogP contribution in [0.4, 0.5) is 0 Å². The molecule has 4 nitrogen and oxygen atoms in total. The highest BCUT2D eigenvalue weighted by Gasteiger charge is 2.22. The Hall–Kier alpha value is -2.23. The average molecular weight is 338 g/mol. The van der Waals surface area contributed by atoms with Crippen LogP contribution < -0.4 is 5.32 Å². The molecule has 0 saturated carbocycles. The highest BCUT2D eigenvalue weighted by molar-refractivity contribution is 6.09. The van der Waals surface area contributed by atoms with E-state index in [1.54, 1.807) is 0 Å². The molecule has 2 aromatic rings. The molecular formula is C21H26N2O2. The Morgan fingerprint density at radius 2 is 1.92 bits per heavy atom. The van der Waals surface area contributed by atoms with E-state index in [9.17, 15) is 9.59 Å². The molecule has 1 aliphatic carbocycles. The van der Waals surface area contributed by atoms with Crippen LogP contribution >= 0.6 is 0 Å². The lowest BCUT2D eigenvalue weighted by atomic mass is 9.87. The summed E-state index contributed by atoms with van der Waals surface area (Å²) in [5.41, 5.74) is 3.88. The summed E-state index contributed by atoms with van der Waals surface area (Å²) in [4.78, 5) is 29.7. The van der Waals surface area contributed by atoms with Crippen molar-refractivity contribution in [1.82, 2.24) is 10.3 Å². The van der Waals surface area contributed by atoms with Gasteiger partial charge < -0.3 is 5.32 Å². The van der Waals surface area contributed by atoms with Crippen molar-refractivity contribution < 1.29 is 9.59 Å². The fourth-order valence-electron chi connectivity index (χ4n) is 3.54. The molecule has 0 bridgehead atoms. The van der Waals surface area contributed by atoms with E-state index >= 15 is 0 Å². The largest absolute Gasteiger partial charge is 0.356 e. The predicted molar refractivity (Wildman–Crippen MR) is 99.9 cm³/mol. The fraction of sp³-hybridized carbons (Fsp3) is 0.476. The molecule has 1 amide bonds. The number of ketones is 1. The van der Waals surface area contributed by atoms with Gasteiger partial charge in [0.25, 0.3) is 0 Å². The molecule has 4 heteroatoms. The minimum atomic E-state index is -0.0333. The Morgan fingerprint density at radius 1 is 1.12 bits per heavy atom. The normalized spacial score (nSPS) is 13.5. The van der Waals surface area contributed by atoms with Crippen LogP contribution in [0.3, 0.4) is 0 Å². The summed E-state index contributed by atoms with van der Waals surface area (Å²) < 4.78 is 0. The number of carbonyl (C=O) groups is 2. The number of unbranched alkanes of at least 4 members (excludes halogenated alkanes) is 1. The maximum Gasteiger partial charge on any atom is 0.220 e. The number of Topliss-reactive ketones (excluding diaryl/α,β-unsaturated/α-hetero) is 1. The van der Waals surface area contributed by atoms with Crippen LogP contribution in [-0.2, 0) is 17.6 Å². The summed E-state index contributed by atoms with van der Waals surface area (Å²) >= 11 is 0. The maximum absolute atomic E-state index is 13.0. The van der Waals surface area contributed by atoms with Gasteiger partial charge in [-0.1, -0.05) is 31.5 Å². The van der Waals surface area contributed by atoms with Crippen LogP contribution in [0, 0.1) is 0 Å². The first-order valence-electron chi connectivity index (χ1n) is 9.41. The van der Waals surface area contributed by atoms with Crippen molar-refractivity contribution in [2.75, 3.05) is 6.54 Å². The number of nitrogens with zero attached hydrogens (tertiary/aromatic N) is 1. The van der Waals surface area contributed by atoms with Crippen molar-refractivity contribution in [3.8, 4) is 0 Å². The van der Waals surface area contributed by atoms with E-state index in [0.717, 1.165) is 66.2 Å². The zero-order chi connectivity index (χ0) is 17.6. The highest BCUT2D eigenvalue weighted by atomic mass is 16.2. The van der Waals surface area contributed by atoms with E-state index < -0.39 is 0 Å². The molecule has 132 valence electrons. The topological polar surface area (TPSA) is 59.1 Å². The number of hydrogen-bond acceptors (Lipinski definition) is 3. The summed E-state index contributed by atoms with van der Waals surface area (Å²) in [5, 5.41) is 3.82. The van der Waals surface area contributed by atoms with E-state index in [-0.39, 0.29) is 24.5 Å². The second kappa shape index (κ2) is 8.24. The van der Waals surface area contributed by atoms with E-state index in [0.29, 0.717) is 6.54 Å². The van der Waals surface area contributed by atoms with E-state index in [4.69, 9.17) is 4.98 Å². The van der Waals surface area contributed by atoms with Gasteiger partial charge in [-0.05, 0) is 43.7 Å². The third kappa shape index (κ3) is 4.06. The number of aromatic nitrogens is 1. The molecule has 1 aliphatic rings. The predicted octanol–water partition coefficient (Wildman–Crippen LogP) is 3.99. The molecule has 0 aliphatic heterocycles. The highest BCUT2D eigenvalue weighted by Crippen LogP contribution is 2.30. The molecule has 0 radical (unpaired) electrons. The maximum atomic E-state index is 13.0. The van der Waals surface area contributed by atoms with Crippen molar-refractivity contribution in [3.05, 3.63) is 41.1 Å². The van der Waals surface area contributed by atoms with Gasteiger partial charge in [0.05, 0.1) is 5.52 Å². The number of hydrogen-bond donors (Lipinski definition) is 1. The van der Waals surface area contributed by atoms with Gasteiger partial charge >= 0.3 is 0 Å². The Bertz CT molecular complexity index is 783. The molecule has 0 unspecified atom stereocenters. The molecule has 1 aromatic heterocycles. The fourth-order valence-corrected chi connectivity index (χ4v) is 3.54. The second-order valence-electron chi connectivity index (χ2n) is 6.76. The number of aryl methyl sites for hydroxylation is 1. The van der Waals surface area contributed by atoms with Crippen molar-refractivity contribution in [2.24, 2.45) is 0 Å². The summed E-state index contributed by atoms with van der Waals surface area (Å²) in [7, 11) is 0. The van der Waals surface area contributed by atoms with Gasteiger partial charge in [-0.15, -0.1) is 0 Å². The lowest BCUT2D eigenvalue weighted by Gasteiger charge is -2.20. The molecule has 0 spiro atoms. The third-order valence-corrected chi connectivity index (χ3v) is 4.88. The van der Waals surface area contributed by atoms with Crippen LogP contribution in [0.1, 0.15) is 67.1 Å². The zero-order valence-corrected chi connectivity index (χ0v) is 14.9. The van der Waals surface area contributed by atoms with Crippen LogP contribution in [0.5, 0.6) is 0 Å². The Kier molecular flexibility index (Phi) is 5.79. The molecule has 1 heterocycles. The second-order valence-corrected chi connectivity index (χ2v) is 6.76. The van der Waals surface area contributed by atoms with Crippen molar-refractivity contribution >= 4 is 22.6 Å². The first-order valence-corrected chi connectivity index (χ1v) is 9.41. The summed E-state index contributed by atoms with van der Waals surface area (Å²) in [5.74, 6) is 0.0384. The van der Waals surface area contributed by atoms with Gasteiger partial charge in [0.2, 0.25) is 5.91 Å². The molecule has 0 atom stereocenters. The zero-order valence-electron chi connectivity index (χ0n) is 14.9. The first kappa shape index (κ1) is 17.6. The summed E-state index contributed by atoms with van der Waals surface area (Å²) in [6.45, 7) is 2.78. The molecular weight excluding hydrogens is 312 g/mol. The first-order chi connectivity index (χ1) is 12.2. The van der Waals surface area contributed by atoms with Gasteiger partial charge in [-0.3, -0.25) is 14.6 Å². The molecule has 1 N–H and O–H groups in total. The monoisotopic (exact) mass is 338 g/mol. The molecule has 3 rings (SSSR count). The van der Waals surface area contributed by atoms with E-state index in [1.165, 1.54) is 0 Å². The third-order valence-electron chi connectivity index (χ3n) is 4.88. The molecule has 25 heavy (non-hydrogen) atoms. The lowest BCUT2D eigenvalue weighted by Crippen LogP contribution is -2.25. The number of nitrogens with one attached hydrogen (secondary N) is 1. The number of pyridine rings is 1. The average Bonchev–Trinajstić information content (AvgIpc) is 2.64. The number of benzene rings is 1. The van der Waals surface area contributed by atoms with E-state index in [1.807, 2.05) is 24.3 Å². The summed E-state index contributed by atoms with van der Waals surface area (Å²) in [6.07, 6.45) is 6.63. The molecule has 1 aromatic carbocycles. The van der Waals surface area contributed by atoms with Gasteiger partial charge in [-0.2, -0.15) is 0 Å². The van der Waals surface area contributed by atoms with Gasteiger partial charge in [0, 0.05) is 36.0 Å². The van der Waals surface area contributed by atoms with Crippen molar-refractivity contribution in [2.45, 2.75) is 58.3 Å². The number of para-hydroxylation sites is 1. The quantitative estimate of drug-likeness (QED) is 0.613. The minimum Gasteiger partial charge on any atom is -0.356 e. The summed E-state index contributed by atoms with van der Waals surface area (Å²) in [6, 6.07) is 7.86. The van der Waals surface area contributed by atoms with Gasteiger partial charge in [0.15, 0.2) is 5.78 Å². The van der Waals surface area contributed by atoms with Gasteiger partial charge in [-0.25, -0.2) is 0 Å². The Labute approximate surface area is 149 Å². The number of amides is 1. The van der Waals surface area contributed by atoms with Crippen LogP contribution in [-0.4, -0.2) is 23.2 Å². The van der Waals surface area contributed by atoms with Gasteiger partial charge in [0.1, 0.15) is 0 Å². The van der Waals surface area contributed by atoms with Crippen molar-refractivity contribution in [1.29, 1.82) is 0 Å². The van der Waals surface area contributed by atoms with E-state index in [2.05, 4.69) is 12.2 Å².